The molecule has 1 atom stereocenters. The molecule has 0 aliphatic heterocycles. The maximum Gasteiger partial charge on any atom is 0.0459 e. The van der Waals surface area contributed by atoms with Crippen molar-refractivity contribution in [1.82, 2.24) is 4.98 Å². The number of thiophene rings is 1. The molecular formula is C21H19NS. The highest BCUT2D eigenvalue weighted by Crippen LogP contribution is 2.40. The summed E-state index contributed by atoms with van der Waals surface area (Å²) in [5, 5.41) is 1.32. The minimum absolute atomic E-state index is 0.283. The molecule has 4 rings (SSSR count). The van der Waals surface area contributed by atoms with Gasteiger partial charge in [-0.05, 0) is 43.2 Å². The van der Waals surface area contributed by atoms with Crippen LogP contribution in [0.4, 0.5) is 0 Å². The Hall–Kier alpha value is -2.32. The topological polar surface area (TPSA) is 15.8 Å². The van der Waals surface area contributed by atoms with E-state index in [0.717, 1.165) is 0 Å². The van der Waals surface area contributed by atoms with Crippen molar-refractivity contribution in [2.75, 3.05) is 0 Å². The number of fused-ring (bicyclic) bond motifs is 1. The van der Waals surface area contributed by atoms with Crippen LogP contribution in [0.5, 0.6) is 0 Å². The van der Waals surface area contributed by atoms with E-state index in [0.29, 0.717) is 0 Å². The first-order valence-corrected chi connectivity index (χ1v) is 8.74. The summed E-state index contributed by atoms with van der Waals surface area (Å²) in [5.41, 5.74) is 5.22. The standard InChI is InChI=1S/C21H19NS/c1-14-12-13-19(23-14)21(16-8-4-3-5-9-16)20-15(2)22-18-11-7-6-10-17(18)20/h3-13,21-22H,1-2H3/t21-/m1/s1. The molecule has 0 spiro atoms. The molecule has 2 aromatic carbocycles. The van der Waals surface area contributed by atoms with Gasteiger partial charge in [-0.2, -0.15) is 0 Å². The minimum Gasteiger partial charge on any atom is -0.358 e. The van der Waals surface area contributed by atoms with Gasteiger partial charge in [-0.15, -0.1) is 11.3 Å². The second-order valence-electron chi connectivity index (χ2n) is 6.00. The van der Waals surface area contributed by atoms with Crippen molar-refractivity contribution in [3.8, 4) is 0 Å². The van der Waals surface area contributed by atoms with Crippen LogP contribution >= 0.6 is 11.3 Å². The molecule has 0 radical (unpaired) electrons. The Morgan fingerprint density at radius 2 is 1.57 bits per heavy atom. The molecule has 1 N–H and O–H groups in total. The molecule has 2 heterocycles. The predicted molar refractivity (Wildman–Crippen MR) is 99.5 cm³/mol. The van der Waals surface area contributed by atoms with Crippen LogP contribution in [-0.2, 0) is 0 Å². The molecule has 0 unspecified atom stereocenters. The zero-order chi connectivity index (χ0) is 15.8. The van der Waals surface area contributed by atoms with E-state index in [1.165, 1.54) is 37.5 Å². The average Bonchev–Trinajstić information content (AvgIpc) is 3.13. The number of benzene rings is 2. The van der Waals surface area contributed by atoms with Gasteiger partial charge in [0.1, 0.15) is 0 Å². The van der Waals surface area contributed by atoms with Crippen molar-refractivity contribution in [2.45, 2.75) is 19.8 Å². The monoisotopic (exact) mass is 317 g/mol. The molecule has 1 nitrogen and oxygen atoms in total. The van der Waals surface area contributed by atoms with Crippen LogP contribution in [0.2, 0.25) is 0 Å². The van der Waals surface area contributed by atoms with Crippen molar-refractivity contribution in [3.63, 3.8) is 0 Å². The number of rotatable bonds is 3. The quantitative estimate of drug-likeness (QED) is 0.475. The zero-order valence-electron chi connectivity index (χ0n) is 13.3. The van der Waals surface area contributed by atoms with Crippen LogP contribution in [0.3, 0.4) is 0 Å². The summed E-state index contributed by atoms with van der Waals surface area (Å²) in [6, 6.07) is 23.9. The summed E-state index contributed by atoms with van der Waals surface area (Å²) in [6.07, 6.45) is 0. The molecule has 114 valence electrons. The van der Waals surface area contributed by atoms with E-state index in [1.807, 2.05) is 11.3 Å². The summed E-state index contributed by atoms with van der Waals surface area (Å²) < 4.78 is 0. The molecular weight excluding hydrogens is 298 g/mol. The molecule has 0 saturated heterocycles. The van der Waals surface area contributed by atoms with E-state index in [-0.39, 0.29) is 5.92 Å². The fraction of sp³-hybridized carbons (Fsp3) is 0.143. The van der Waals surface area contributed by atoms with Gasteiger partial charge in [-0.3, -0.25) is 0 Å². The van der Waals surface area contributed by atoms with Gasteiger partial charge in [-0.25, -0.2) is 0 Å². The molecule has 0 saturated carbocycles. The highest BCUT2D eigenvalue weighted by molar-refractivity contribution is 7.12. The lowest BCUT2D eigenvalue weighted by molar-refractivity contribution is 0.994. The molecule has 4 aromatic rings. The van der Waals surface area contributed by atoms with Crippen molar-refractivity contribution >= 4 is 22.2 Å². The van der Waals surface area contributed by atoms with Crippen LogP contribution in [0, 0.1) is 13.8 Å². The lowest BCUT2D eigenvalue weighted by atomic mass is 9.88. The number of aromatic nitrogens is 1. The first kappa shape index (κ1) is 14.3. The Balaban J connectivity index is 2.00. The number of hydrogen-bond acceptors (Lipinski definition) is 1. The molecule has 0 bridgehead atoms. The smallest absolute Gasteiger partial charge is 0.0459 e. The zero-order valence-corrected chi connectivity index (χ0v) is 14.2. The van der Waals surface area contributed by atoms with E-state index in [2.05, 4.69) is 85.6 Å². The normalized spacial score (nSPS) is 12.6. The Bertz CT molecular complexity index is 946. The summed E-state index contributed by atoms with van der Waals surface area (Å²) in [4.78, 5) is 6.32. The third kappa shape index (κ3) is 2.49. The van der Waals surface area contributed by atoms with E-state index >= 15 is 0 Å². The second kappa shape index (κ2) is 5.71. The summed E-state index contributed by atoms with van der Waals surface area (Å²) in [5.74, 6) is 0.283. The van der Waals surface area contributed by atoms with E-state index in [1.54, 1.807) is 0 Å². The molecule has 2 heteroatoms. The molecule has 0 amide bonds. The van der Waals surface area contributed by atoms with Crippen LogP contribution in [-0.4, -0.2) is 4.98 Å². The third-order valence-corrected chi connectivity index (χ3v) is 5.48. The van der Waals surface area contributed by atoms with Crippen molar-refractivity contribution in [3.05, 3.63) is 93.3 Å². The Morgan fingerprint density at radius 1 is 0.826 bits per heavy atom. The number of para-hydroxylation sites is 1. The van der Waals surface area contributed by atoms with Crippen LogP contribution in [0.1, 0.15) is 32.5 Å². The number of hydrogen-bond donors (Lipinski definition) is 1. The first-order valence-electron chi connectivity index (χ1n) is 7.92. The largest absolute Gasteiger partial charge is 0.358 e. The maximum absolute atomic E-state index is 3.56. The average molecular weight is 317 g/mol. The maximum atomic E-state index is 3.56. The number of nitrogens with one attached hydrogen (secondary N) is 1. The Kier molecular flexibility index (Phi) is 3.55. The van der Waals surface area contributed by atoms with Crippen LogP contribution < -0.4 is 0 Å². The summed E-state index contributed by atoms with van der Waals surface area (Å²) >= 11 is 1.89. The van der Waals surface area contributed by atoms with E-state index in [9.17, 15) is 0 Å². The van der Waals surface area contributed by atoms with Crippen molar-refractivity contribution in [2.24, 2.45) is 0 Å². The number of aromatic amines is 1. The SMILES string of the molecule is Cc1ccc([C@@H](c2ccccc2)c2c(C)[nH]c3ccccc23)s1. The van der Waals surface area contributed by atoms with Gasteiger partial charge in [0.25, 0.3) is 0 Å². The molecule has 0 aliphatic rings. The van der Waals surface area contributed by atoms with Crippen molar-refractivity contribution in [1.29, 1.82) is 0 Å². The summed E-state index contributed by atoms with van der Waals surface area (Å²) in [7, 11) is 0. The van der Waals surface area contributed by atoms with Gasteiger partial charge < -0.3 is 4.98 Å². The van der Waals surface area contributed by atoms with Crippen LogP contribution in [0.15, 0.2) is 66.7 Å². The fourth-order valence-corrected chi connectivity index (χ4v) is 4.41. The molecule has 23 heavy (non-hydrogen) atoms. The molecule has 2 aromatic heterocycles. The van der Waals surface area contributed by atoms with Gasteiger partial charge in [0.15, 0.2) is 0 Å². The molecule has 0 fully saturated rings. The summed E-state index contributed by atoms with van der Waals surface area (Å²) in [6.45, 7) is 4.37. The Morgan fingerprint density at radius 3 is 2.30 bits per heavy atom. The lowest BCUT2D eigenvalue weighted by Gasteiger charge is -2.17. The number of aryl methyl sites for hydroxylation is 2. The van der Waals surface area contributed by atoms with Gasteiger partial charge in [0.05, 0.1) is 0 Å². The van der Waals surface area contributed by atoms with Gasteiger partial charge in [0.2, 0.25) is 0 Å². The van der Waals surface area contributed by atoms with Gasteiger partial charge in [0, 0.05) is 32.3 Å². The lowest BCUT2D eigenvalue weighted by Crippen LogP contribution is -2.02. The third-order valence-electron chi connectivity index (χ3n) is 4.41. The highest BCUT2D eigenvalue weighted by Gasteiger charge is 2.23. The van der Waals surface area contributed by atoms with Gasteiger partial charge in [-0.1, -0.05) is 48.5 Å². The first-order chi connectivity index (χ1) is 11.2. The fourth-order valence-electron chi connectivity index (χ4n) is 3.40. The van der Waals surface area contributed by atoms with E-state index in [4.69, 9.17) is 0 Å². The van der Waals surface area contributed by atoms with Crippen molar-refractivity contribution < 1.29 is 0 Å². The second-order valence-corrected chi connectivity index (χ2v) is 7.32. The highest BCUT2D eigenvalue weighted by atomic mass is 32.1. The number of H-pyrrole nitrogens is 1. The predicted octanol–water partition coefficient (Wildman–Crippen LogP) is 6.03. The van der Waals surface area contributed by atoms with Crippen LogP contribution in [0.25, 0.3) is 10.9 Å². The van der Waals surface area contributed by atoms with Gasteiger partial charge >= 0.3 is 0 Å². The molecule has 0 aliphatic carbocycles. The Labute approximate surface area is 140 Å². The minimum atomic E-state index is 0.283. The van der Waals surface area contributed by atoms with E-state index < -0.39 is 0 Å².